The Morgan fingerprint density at radius 2 is 1.90 bits per heavy atom. The molecule has 3 aromatic rings. The van der Waals surface area contributed by atoms with Crippen LogP contribution in [0.3, 0.4) is 0 Å². The minimum absolute atomic E-state index is 0.194. The van der Waals surface area contributed by atoms with E-state index in [0.717, 1.165) is 48.3 Å². The van der Waals surface area contributed by atoms with Gasteiger partial charge in [-0.15, -0.1) is 0 Å². The molecule has 0 spiro atoms. The molecule has 0 saturated carbocycles. The van der Waals surface area contributed by atoms with Gasteiger partial charge in [0.2, 0.25) is 0 Å². The number of fused-ring (bicyclic) bond motifs is 2. The predicted octanol–water partition coefficient (Wildman–Crippen LogP) is 6.90. The van der Waals surface area contributed by atoms with Crippen molar-refractivity contribution in [1.82, 2.24) is 9.88 Å². The number of halogens is 2. The second kappa shape index (κ2) is 12.1. The molecule has 224 valence electrons. The minimum atomic E-state index is -1.29. The third-order valence-electron chi connectivity index (χ3n) is 8.20. The van der Waals surface area contributed by atoms with Crippen LogP contribution in [0.2, 0.25) is 0 Å². The quantitative estimate of drug-likeness (QED) is 0.314. The summed E-state index contributed by atoms with van der Waals surface area (Å²) in [6, 6.07) is 8.33. The first-order valence-corrected chi connectivity index (χ1v) is 14.8. The van der Waals surface area contributed by atoms with Gasteiger partial charge in [0.1, 0.15) is 5.82 Å². The average Bonchev–Trinajstić information content (AvgIpc) is 2.94. The van der Waals surface area contributed by atoms with Crippen molar-refractivity contribution in [2.45, 2.75) is 85.0 Å². The van der Waals surface area contributed by atoms with Crippen LogP contribution in [0.4, 0.5) is 8.78 Å². The smallest absolute Gasteiger partial charge is 0.337 e. The first-order valence-electron chi connectivity index (χ1n) is 14.8. The molecule has 1 aromatic heterocycles. The topological polar surface area (TPSA) is 71.9 Å². The maximum atomic E-state index is 15.6. The zero-order valence-electron chi connectivity index (χ0n) is 25.2. The number of ether oxygens (including phenoxy) is 2. The van der Waals surface area contributed by atoms with Crippen molar-refractivity contribution in [3.8, 4) is 16.9 Å². The summed E-state index contributed by atoms with van der Waals surface area (Å²) in [4.78, 5) is 19.9. The monoisotopic (exact) mass is 578 g/mol. The molecule has 0 aliphatic carbocycles. The molecule has 0 amide bonds. The number of pyridine rings is 1. The van der Waals surface area contributed by atoms with Crippen LogP contribution in [0.5, 0.6) is 5.75 Å². The lowest BCUT2D eigenvalue weighted by atomic mass is 9.83. The van der Waals surface area contributed by atoms with E-state index in [1.807, 2.05) is 46.8 Å². The number of carboxylic acid groups (broad SMARTS) is 1. The SMILES string of the molecule is Cc1nc2c(c(-c3cc(F)c4c(c3C)CCCO4)c1C(OC(C)(C)C)C(=O)O)CN(CCCc1ccccc1F)CC2. The third kappa shape index (κ3) is 6.20. The van der Waals surface area contributed by atoms with Gasteiger partial charge < -0.3 is 14.6 Å². The molecule has 5 rings (SSSR count). The van der Waals surface area contributed by atoms with E-state index in [0.29, 0.717) is 66.1 Å². The minimum Gasteiger partial charge on any atom is -0.490 e. The zero-order chi connectivity index (χ0) is 30.2. The number of carboxylic acids is 1. The van der Waals surface area contributed by atoms with E-state index in [-0.39, 0.29) is 5.82 Å². The van der Waals surface area contributed by atoms with E-state index < -0.39 is 23.5 Å². The number of nitrogens with zero attached hydrogens (tertiary/aromatic N) is 2. The summed E-state index contributed by atoms with van der Waals surface area (Å²) in [7, 11) is 0. The lowest BCUT2D eigenvalue weighted by Crippen LogP contribution is -2.34. The van der Waals surface area contributed by atoms with Crippen LogP contribution < -0.4 is 4.74 Å². The van der Waals surface area contributed by atoms with Crippen molar-refractivity contribution in [2.24, 2.45) is 0 Å². The number of hydrogen-bond acceptors (Lipinski definition) is 5. The lowest BCUT2D eigenvalue weighted by Gasteiger charge is -2.34. The molecule has 2 aromatic carbocycles. The van der Waals surface area contributed by atoms with Crippen LogP contribution >= 0.6 is 0 Å². The second-order valence-electron chi connectivity index (χ2n) is 12.4. The first kappa shape index (κ1) is 30.1. The summed E-state index contributed by atoms with van der Waals surface area (Å²) in [5, 5.41) is 10.4. The lowest BCUT2D eigenvalue weighted by molar-refractivity contribution is -0.160. The van der Waals surface area contributed by atoms with Crippen molar-refractivity contribution >= 4 is 5.97 Å². The molecule has 8 heteroatoms. The Kier molecular flexibility index (Phi) is 8.67. The molecule has 1 N–H and O–H groups in total. The fourth-order valence-corrected chi connectivity index (χ4v) is 6.28. The van der Waals surface area contributed by atoms with Crippen molar-refractivity contribution in [2.75, 3.05) is 19.7 Å². The first-order chi connectivity index (χ1) is 19.9. The van der Waals surface area contributed by atoms with Gasteiger partial charge in [-0.05, 0) is 107 Å². The Morgan fingerprint density at radius 3 is 2.62 bits per heavy atom. The molecule has 1 unspecified atom stereocenters. The number of aliphatic carboxylic acids is 1. The number of aryl methyl sites for hydroxylation is 2. The van der Waals surface area contributed by atoms with Crippen LogP contribution in [-0.2, 0) is 35.3 Å². The van der Waals surface area contributed by atoms with Gasteiger partial charge in [-0.25, -0.2) is 13.6 Å². The van der Waals surface area contributed by atoms with Gasteiger partial charge in [0.25, 0.3) is 0 Å². The van der Waals surface area contributed by atoms with E-state index in [1.165, 1.54) is 12.1 Å². The Balaban J connectivity index is 1.61. The van der Waals surface area contributed by atoms with Crippen LogP contribution in [0.25, 0.3) is 11.1 Å². The Bertz CT molecular complexity index is 1500. The van der Waals surface area contributed by atoms with Gasteiger partial charge in [-0.1, -0.05) is 18.2 Å². The Morgan fingerprint density at radius 1 is 1.14 bits per heavy atom. The number of benzene rings is 2. The largest absolute Gasteiger partial charge is 0.490 e. The van der Waals surface area contributed by atoms with Gasteiger partial charge >= 0.3 is 5.97 Å². The van der Waals surface area contributed by atoms with Crippen molar-refractivity contribution in [1.29, 1.82) is 0 Å². The van der Waals surface area contributed by atoms with Crippen molar-refractivity contribution < 1.29 is 28.2 Å². The third-order valence-corrected chi connectivity index (χ3v) is 8.20. The summed E-state index contributed by atoms with van der Waals surface area (Å²) < 4.78 is 41.7. The molecule has 0 fully saturated rings. The maximum absolute atomic E-state index is 15.6. The highest BCUT2D eigenvalue weighted by Crippen LogP contribution is 2.44. The number of carbonyl (C=O) groups is 1. The summed E-state index contributed by atoms with van der Waals surface area (Å²) >= 11 is 0. The molecule has 0 bridgehead atoms. The summed E-state index contributed by atoms with van der Waals surface area (Å²) in [6.45, 7) is 11.8. The van der Waals surface area contributed by atoms with Gasteiger partial charge in [0, 0.05) is 42.0 Å². The molecule has 6 nitrogen and oxygen atoms in total. The van der Waals surface area contributed by atoms with E-state index >= 15 is 4.39 Å². The van der Waals surface area contributed by atoms with Gasteiger partial charge in [0.15, 0.2) is 17.7 Å². The molecule has 0 radical (unpaired) electrons. The summed E-state index contributed by atoms with van der Waals surface area (Å²) in [5.41, 5.74) is 5.84. The second-order valence-corrected chi connectivity index (χ2v) is 12.4. The molecule has 2 aliphatic rings. The van der Waals surface area contributed by atoms with E-state index in [9.17, 15) is 14.3 Å². The Labute approximate surface area is 246 Å². The predicted molar refractivity (Wildman–Crippen MR) is 158 cm³/mol. The molecular weight excluding hydrogens is 538 g/mol. The molecule has 0 saturated heterocycles. The van der Waals surface area contributed by atoms with Crippen LogP contribution in [0, 0.1) is 25.5 Å². The van der Waals surface area contributed by atoms with Crippen LogP contribution in [0.15, 0.2) is 30.3 Å². The van der Waals surface area contributed by atoms with Crippen molar-refractivity contribution in [3.05, 3.63) is 81.2 Å². The highest BCUT2D eigenvalue weighted by atomic mass is 19.1. The number of rotatable bonds is 8. The average molecular weight is 579 g/mol. The maximum Gasteiger partial charge on any atom is 0.337 e. The standard InChI is InChI=1S/C34H40F2N2O4/c1-20-23-12-9-17-41-31(23)27(36)18-24(20)30-25-19-38(15-8-11-22-10-6-7-13-26(22)35)16-14-28(25)37-21(2)29(30)32(33(39)40)42-34(3,4)5/h6-7,10,13,18,32H,8-9,11-12,14-17,19H2,1-5H3,(H,39,40). The zero-order valence-corrected chi connectivity index (χ0v) is 25.2. The van der Waals surface area contributed by atoms with Crippen LogP contribution in [0.1, 0.15) is 78.9 Å². The molecular formula is C34H40F2N2O4. The molecule has 1 atom stereocenters. The summed E-state index contributed by atoms with van der Waals surface area (Å²) in [6.07, 6.45) is 2.26. The van der Waals surface area contributed by atoms with Crippen LogP contribution in [-0.4, -0.2) is 46.3 Å². The summed E-state index contributed by atoms with van der Waals surface area (Å²) in [5.74, 6) is -1.46. The van der Waals surface area contributed by atoms with E-state index in [4.69, 9.17) is 14.5 Å². The highest BCUT2D eigenvalue weighted by Gasteiger charge is 2.36. The normalized spacial score (nSPS) is 16.0. The highest BCUT2D eigenvalue weighted by molar-refractivity contribution is 5.84. The van der Waals surface area contributed by atoms with Crippen molar-refractivity contribution in [3.63, 3.8) is 0 Å². The van der Waals surface area contributed by atoms with Gasteiger partial charge in [-0.3, -0.25) is 9.88 Å². The molecule has 2 aliphatic heterocycles. The van der Waals surface area contributed by atoms with E-state index in [2.05, 4.69) is 4.90 Å². The molecule has 42 heavy (non-hydrogen) atoms. The van der Waals surface area contributed by atoms with Gasteiger partial charge in [0.05, 0.1) is 12.2 Å². The Hall–Kier alpha value is -3.36. The fraction of sp³-hybridized carbons (Fsp3) is 0.471. The van der Waals surface area contributed by atoms with E-state index in [1.54, 1.807) is 6.07 Å². The fourth-order valence-electron chi connectivity index (χ4n) is 6.28. The number of hydrogen-bond donors (Lipinski definition) is 1. The number of aromatic nitrogens is 1. The molecule has 3 heterocycles. The van der Waals surface area contributed by atoms with Gasteiger partial charge in [-0.2, -0.15) is 0 Å².